The van der Waals surface area contributed by atoms with Gasteiger partial charge in [0, 0.05) is 30.8 Å². The Labute approximate surface area is 167 Å². The van der Waals surface area contributed by atoms with E-state index < -0.39 is 11.9 Å². The highest BCUT2D eigenvalue weighted by Gasteiger charge is 2.35. The van der Waals surface area contributed by atoms with Crippen LogP contribution in [-0.4, -0.2) is 76.8 Å². The van der Waals surface area contributed by atoms with Crippen LogP contribution in [-0.2, 0) is 9.59 Å². The minimum absolute atomic E-state index is 0.120. The van der Waals surface area contributed by atoms with Gasteiger partial charge in [-0.1, -0.05) is 0 Å². The molecular weight excluding hydrogens is 382 g/mol. The number of amides is 1. The Kier molecular flexibility index (Phi) is 6.65. The van der Waals surface area contributed by atoms with E-state index in [2.05, 4.69) is 15.2 Å². The van der Waals surface area contributed by atoms with Crippen LogP contribution in [0.1, 0.15) is 23.3 Å². The number of pyridine rings is 1. The van der Waals surface area contributed by atoms with Gasteiger partial charge in [0.25, 0.3) is 5.91 Å². The molecule has 5 rings (SSSR count). The fourth-order valence-corrected chi connectivity index (χ4v) is 3.59. The highest BCUT2D eigenvalue weighted by atomic mass is 16.6. The number of carboxylic acids is 2. The van der Waals surface area contributed by atoms with Crippen molar-refractivity contribution < 1.29 is 34.1 Å². The molecule has 5 heterocycles. The van der Waals surface area contributed by atoms with Crippen LogP contribution < -0.4 is 14.8 Å². The SMILES string of the molecule is O=C(N[C@H]1CN2CCC1CC2)c1cc2c(cn1)OCCO2.O=C(O)/C=C/C(=O)O. The van der Waals surface area contributed by atoms with Crippen molar-refractivity contribution in [3.63, 3.8) is 0 Å². The number of nitrogens with zero attached hydrogens (tertiary/aromatic N) is 2. The van der Waals surface area contributed by atoms with E-state index in [0.717, 1.165) is 6.54 Å². The lowest BCUT2D eigenvalue weighted by molar-refractivity contribution is -0.134. The van der Waals surface area contributed by atoms with E-state index in [9.17, 15) is 14.4 Å². The number of carbonyl (C=O) groups is 3. The molecule has 0 aromatic carbocycles. The molecule has 10 nitrogen and oxygen atoms in total. The Morgan fingerprint density at radius 2 is 1.69 bits per heavy atom. The molecule has 3 saturated heterocycles. The van der Waals surface area contributed by atoms with Gasteiger partial charge in [0.05, 0.1) is 6.20 Å². The smallest absolute Gasteiger partial charge is 0.328 e. The number of carboxylic acid groups (broad SMARTS) is 2. The summed E-state index contributed by atoms with van der Waals surface area (Å²) in [5.41, 5.74) is 0.399. The summed E-state index contributed by atoms with van der Waals surface area (Å²) >= 11 is 0. The number of hydrogen-bond donors (Lipinski definition) is 3. The number of rotatable bonds is 4. The predicted octanol–water partition coefficient (Wildman–Crippen LogP) is 0.389. The standard InChI is InChI=1S/C15H19N3O3.C4H4O4/c19-15(17-12-9-18-3-1-10(12)2-4-18)11-7-13-14(8-16-11)21-6-5-20-13;5-3(6)1-2-4(7)8/h7-8,10,12H,1-6,9H2,(H,17,19);1-2H,(H,5,6)(H,7,8)/b;2-1+/t12-;/m0./s1. The molecule has 1 aromatic heterocycles. The summed E-state index contributed by atoms with van der Waals surface area (Å²) < 4.78 is 10.9. The Balaban J connectivity index is 0.000000258. The van der Waals surface area contributed by atoms with Crippen LogP contribution in [0.4, 0.5) is 0 Å². The van der Waals surface area contributed by atoms with E-state index >= 15 is 0 Å². The number of aromatic nitrogens is 1. The zero-order valence-electron chi connectivity index (χ0n) is 15.7. The van der Waals surface area contributed by atoms with Crippen LogP contribution in [0.2, 0.25) is 0 Å². The first kappa shape index (κ1) is 20.6. The van der Waals surface area contributed by atoms with E-state index in [1.54, 1.807) is 12.3 Å². The van der Waals surface area contributed by atoms with E-state index in [1.807, 2.05) is 0 Å². The monoisotopic (exact) mass is 405 g/mol. The maximum absolute atomic E-state index is 12.4. The van der Waals surface area contributed by atoms with Crippen LogP contribution in [0.15, 0.2) is 24.4 Å². The molecule has 156 valence electrons. The highest BCUT2D eigenvalue weighted by molar-refractivity contribution is 5.93. The van der Waals surface area contributed by atoms with Gasteiger partial charge in [-0.25, -0.2) is 14.6 Å². The van der Waals surface area contributed by atoms with Crippen molar-refractivity contribution in [1.29, 1.82) is 0 Å². The maximum atomic E-state index is 12.4. The lowest BCUT2D eigenvalue weighted by atomic mass is 9.84. The largest absolute Gasteiger partial charge is 0.486 e. The molecule has 0 spiro atoms. The quantitative estimate of drug-likeness (QED) is 0.607. The minimum Gasteiger partial charge on any atom is -0.486 e. The fraction of sp³-hybridized carbons (Fsp3) is 0.474. The van der Waals surface area contributed by atoms with Crippen molar-refractivity contribution in [3.8, 4) is 11.5 Å². The molecule has 0 saturated carbocycles. The summed E-state index contributed by atoms with van der Waals surface area (Å²) in [6.07, 6.45) is 5.05. The molecular formula is C19H23N3O7. The van der Waals surface area contributed by atoms with Crippen LogP contribution in [0.3, 0.4) is 0 Å². The van der Waals surface area contributed by atoms with Crippen molar-refractivity contribution >= 4 is 17.8 Å². The first-order valence-electron chi connectivity index (χ1n) is 9.35. The summed E-state index contributed by atoms with van der Waals surface area (Å²) in [6.45, 7) is 4.33. The Hall–Kier alpha value is -3.14. The summed E-state index contributed by atoms with van der Waals surface area (Å²) in [5.74, 6) is -0.808. The first-order valence-corrected chi connectivity index (χ1v) is 9.35. The molecule has 4 aliphatic heterocycles. The third-order valence-electron chi connectivity index (χ3n) is 5.00. The van der Waals surface area contributed by atoms with Gasteiger partial charge in [0.1, 0.15) is 18.9 Å². The summed E-state index contributed by atoms with van der Waals surface area (Å²) in [4.78, 5) is 38.1. The van der Waals surface area contributed by atoms with Gasteiger partial charge in [0.15, 0.2) is 11.5 Å². The maximum Gasteiger partial charge on any atom is 0.328 e. The van der Waals surface area contributed by atoms with Gasteiger partial charge in [0.2, 0.25) is 0 Å². The molecule has 4 aliphatic rings. The Bertz CT molecular complexity index is 787. The van der Waals surface area contributed by atoms with Crippen molar-refractivity contribution in [3.05, 3.63) is 30.1 Å². The van der Waals surface area contributed by atoms with Crippen LogP contribution >= 0.6 is 0 Å². The molecule has 0 unspecified atom stereocenters. The molecule has 1 aromatic rings. The third-order valence-corrected chi connectivity index (χ3v) is 5.00. The highest BCUT2D eigenvalue weighted by Crippen LogP contribution is 2.30. The van der Waals surface area contributed by atoms with Crippen LogP contribution in [0.25, 0.3) is 0 Å². The normalized spacial score (nSPS) is 24.3. The first-order chi connectivity index (χ1) is 13.9. The van der Waals surface area contributed by atoms with E-state index in [4.69, 9.17) is 19.7 Å². The molecule has 10 heteroatoms. The Morgan fingerprint density at radius 3 is 2.24 bits per heavy atom. The van der Waals surface area contributed by atoms with Gasteiger partial charge in [-0.2, -0.15) is 0 Å². The van der Waals surface area contributed by atoms with Crippen molar-refractivity contribution in [1.82, 2.24) is 15.2 Å². The van der Waals surface area contributed by atoms with Gasteiger partial charge in [-0.3, -0.25) is 4.79 Å². The number of piperidine rings is 3. The zero-order chi connectivity index (χ0) is 20.8. The second-order valence-corrected chi connectivity index (χ2v) is 6.94. The Morgan fingerprint density at radius 1 is 1.07 bits per heavy atom. The second-order valence-electron chi connectivity index (χ2n) is 6.94. The molecule has 2 bridgehead atoms. The zero-order valence-corrected chi connectivity index (χ0v) is 15.7. The van der Waals surface area contributed by atoms with Gasteiger partial charge in [-0.15, -0.1) is 0 Å². The van der Waals surface area contributed by atoms with Gasteiger partial charge < -0.3 is 29.9 Å². The number of aliphatic carboxylic acids is 2. The number of nitrogens with one attached hydrogen (secondary N) is 1. The molecule has 0 aliphatic carbocycles. The molecule has 3 fully saturated rings. The van der Waals surface area contributed by atoms with Gasteiger partial charge in [-0.05, 0) is 31.8 Å². The number of fused-ring (bicyclic) bond motifs is 4. The second kappa shape index (κ2) is 9.37. The summed E-state index contributed by atoms with van der Waals surface area (Å²) in [6, 6.07) is 1.92. The minimum atomic E-state index is -1.26. The summed E-state index contributed by atoms with van der Waals surface area (Å²) in [5, 5.41) is 18.8. The molecule has 1 atom stereocenters. The van der Waals surface area contributed by atoms with E-state index in [-0.39, 0.29) is 11.9 Å². The van der Waals surface area contributed by atoms with E-state index in [0.29, 0.717) is 48.5 Å². The average Bonchev–Trinajstić information content (AvgIpc) is 2.73. The molecule has 1 amide bonds. The lowest BCUT2D eigenvalue weighted by Gasteiger charge is -2.44. The molecule has 29 heavy (non-hydrogen) atoms. The fourth-order valence-electron chi connectivity index (χ4n) is 3.59. The molecule has 0 radical (unpaired) electrons. The van der Waals surface area contributed by atoms with Crippen molar-refractivity contribution in [2.75, 3.05) is 32.8 Å². The van der Waals surface area contributed by atoms with Crippen LogP contribution in [0, 0.1) is 5.92 Å². The number of ether oxygens (including phenoxy) is 2. The van der Waals surface area contributed by atoms with E-state index in [1.165, 1.54) is 25.9 Å². The van der Waals surface area contributed by atoms with Gasteiger partial charge >= 0.3 is 11.9 Å². The van der Waals surface area contributed by atoms with Crippen LogP contribution in [0.5, 0.6) is 11.5 Å². The summed E-state index contributed by atoms with van der Waals surface area (Å²) in [7, 11) is 0. The topological polar surface area (TPSA) is 138 Å². The predicted molar refractivity (Wildman–Crippen MR) is 100 cm³/mol. The molecule has 3 N–H and O–H groups in total. The average molecular weight is 405 g/mol. The lowest BCUT2D eigenvalue weighted by Crippen LogP contribution is -2.57. The number of carbonyl (C=O) groups excluding carboxylic acids is 1. The third kappa shape index (κ3) is 5.67. The van der Waals surface area contributed by atoms with Crippen molar-refractivity contribution in [2.24, 2.45) is 5.92 Å². The number of hydrogen-bond acceptors (Lipinski definition) is 7. The van der Waals surface area contributed by atoms with Crippen molar-refractivity contribution in [2.45, 2.75) is 18.9 Å².